The van der Waals surface area contributed by atoms with Gasteiger partial charge in [0.1, 0.15) is 28.4 Å². The van der Waals surface area contributed by atoms with Crippen molar-refractivity contribution in [3.63, 3.8) is 0 Å². The van der Waals surface area contributed by atoms with E-state index in [1.165, 1.54) is 12.1 Å². The summed E-state index contributed by atoms with van der Waals surface area (Å²) in [6, 6.07) is 8.98. The predicted octanol–water partition coefficient (Wildman–Crippen LogP) is 3.56. The molecule has 9 nitrogen and oxygen atoms in total. The number of benzene rings is 2. The van der Waals surface area contributed by atoms with E-state index < -0.39 is 50.4 Å². The third-order valence-corrected chi connectivity index (χ3v) is 8.42. The summed E-state index contributed by atoms with van der Waals surface area (Å²) in [5, 5.41) is 6.24. The molecule has 2 aromatic carbocycles. The highest BCUT2D eigenvalue weighted by Gasteiger charge is 2.43. The Hall–Kier alpha value is -3.57. The fraction of sp³-hybridized carbons (Fsp3) is 0.393. The monoisotopic (exact) mass is 557 g/mol. The van der Waals surface area contributed by atoms with Gasteiger partial charge in [-0.1, -0.05) is 37.6 Å². The molecule has 0 bridgehead atoms. The zero-order valence-corrected chi connectivity index (χ0v) is 22.9. The maximum absolute atomic E-state index is 14.7. The molecule has 0 saturated carbocycles. The summed E-state index contributed by atoms with van der Waals surface area (Å²) >= 11 is 0. The van der Waals surface area contributed by atoms with Crippen LogP contribution in [0.3, 0.4) is 0 Å². The number of nitrogens with one attached hydrogen (secondary N) is 2. The molecule has 2 amide bonds. The highest BCUT2D eigenvalue weighted by Crippen LogP contribution is 2.27. The first-order chi connectivity index (χ1) is 18.5. The van der Waals surface area contributed by atoms with E-state index in [0.29, 0.717) is 28.2 Å². The van der Waals surface area contributed by atoms with E-state index in [0.717, 1.165) is 17.7 Å². The van der Waals surface area contributed by atoms with Crippen LogP contribution in [0.15, 0.2) is 57.8 Å². The van der Waals surface area contributed by atoms with Crippen molar-refractivity contribution < 1.29 is 31.6 Å². The topological polar surface area (TPSA) is 126 Å². The third kappa shape index (κ3) is 6.20. The minimum absolute atomic E-state index is 0.0459. The van der Waals surface area contributed by atoms with E-state index in [2.05, 4.69) is 10.6 Å². The summed E-state index contributed by atoms with van der Waals surface area (Å²) in [6.07, 6.45) is 0.565. The second-order valence-corrected chi connectivity index (χ2v) is 12.0. The summed E-state index contributed by atoms with van der Waals surface area (Å²) in [4.78, 5) is 39.6. The Morgan fingerprint density at radius 3 is 2.64 bits per heavy atom. The minimum atomic E-state index is -4.80. The lowest BCUT2D eigenvalue weighted by atomic mass is 10.0. The van der Waals surface area contributed by atoms with E-state index in [9.17, 15) is 27.2 Å². The Morgan fingerprint density at radius 2 is 1.92 bits per heavy atom. The van der Waals surface area contributed by atoms with Gasteiger partial charge >= 0.3 is 0 Å². The molecule has 1 aliphatic rings. The van der Waals surface area contributed by atoms with Crippen LogP contribution >= 0.6 is 0 Å². The van der Waals surface area contributed by atoms with Crippen LogP contribution in [0.4, 0.5) is 4.39 Å². The van der Waals surface area contributed by atoms with Crippen molar-refractivity contribution in [3.8, 4) is 0 Å². The molecule has 0 spiro atoms. The lowest BCUT2D eigenvalue weighted by molar-refractivity contribution is -0.135. The van der Waals surface area contributed by atoms with E-state index in [1.54, 1.807) is 12.1 Å². The molecule has 2 heterocycles. The number of halogens is 1. The standard InChI is InChI=1S/C28H32FN3O6S/c1-17(2)13-21(31-27(34)25-15-19-14-18(3)10-11-24(19)38-25)28(35)32(22-8-6-12-30-16-23(22)33)39(36,37)26-9-5-4-7-20(26)29/h4-5,7,9-11,14-15,17,21-22,30H,6,8,12-13,16H2,1-3H3,(H,31,34)/t21?,22-/m0/s1. The molecule has 0 radical (unpaired) electrons. The first-order valence-electron chi connectivity index (χ1n) is 12.9. The van der Waals surface area contributed by atoms with E-state index >= 15 is 0 Å². The van der Waals surface area contributed by atoms with Crippen molar-refractivity contribution in [2.24, 2.45) is 5.92 Å². The first kappa shape index (κ1) is 28.4. The molecular formula is C28H32FN3O6S. The number of carbonyl (C=O) groups is 3. The van der Waals surface area contributed by atoms with Gasteiger partial charge < -0.3 is 15.1 Å². The lowest BCUT2D eigenvalue weighted by Gasteiger charge is -2.33. The van der Waals surface area contributed by atoms with Gasteiger partial charge in [0.2, 0.25) is 0 Å². The quantitative estimate of drug-likeness (QED) is 0.434. The largest absolute Gasteiger partial charge is 0.451 e. The highest BCUT2D eigenvalue weighted by atomic mass is 32.2. The second-order valence-electron chi connectivity index (χ2n) is 10.2. The number of ketones is 1. The molecule has 1 saturated heterocycles. The third-order valence-electron chi connectivity index (χ3n) is 6.58. The van der Waals surface area contributed by atoms with Gasteiger partial charge in [0.05, 0.1) is 6.54 Å². The predicted molar refractivity (Wildman–Crippen MR) is 143 cm³/mol. The van der Waals surface area contributed by atoms with Gasteiger partial charge in [-0.25, -0.2) is 17.1 Å². The molecule has 2 N–H and O–H groups in total. The zero-order valence-electron chi connectivity index (χ0n) is 22.1. The minimum Gasteiger partial charge on any atom is -0.451 e. The number of fused-ring (bicyclic) bond motifs is 1. The molecule has 1 unspecified atom stereocenters. The number of rotatable bonds is 8. The van der Waals surface area contributed by atoms with Crippen LogP contribution < -0.4 is 10.6 Å². The van der Waals surface area contributed by atoms with E-state index in [-0.39, 0.29) is 31.1 Å². The summed E-state index contributed by atoms with van der Waals surface area (Å²) in [6.45, 7) is 5.85. The van der Waals surface area contributed by atoms with Gasteiger partial charge in [0, 0.05) is 5.39 Å². The molecule has 3 aromatic rings. The molecule has 208 valence electrons. The Labute approximate surface area is 226 Å². The number of amides is 2. The Balaban J connectivity index is 1.74. The molecule has 4 rings (SSSR count). The van der Waals surface area contributed by atoms with Gasteiger partial charge in [-0.3, -0.25) is 14.4 Å². The van der Waals surface area contributed by atoms with Crippen LogP contribution in [0.2, 0.25) is 0 Å². The second kappa shape index (κ2) is 11.7. The normalized spacial score (nSPS) is 17.2. The molecule has 2 atom stereocenters. The molecule has 1 aromatic heterocycles. The number of sulfonamides is 1. The van der Waals surface area contributed by atoms with Gasteiger partial charge in [0.15, 0.2) is 11.5 Å². The number of carbonyl (C=O) groups excluding carboxylic acids is 3. The van der Waals surface area contributed by atoms with Crippen molar-refractivity contribution >= 4 is 38.6 Å². The Morgan fingerprint density at radius 1 is 1.18 bits per heavy atom. The fourth-order valence-electron chi connectivity index (χ4n) is 4.71. The Bertz CT molecular complexity index is 1500. The highest BCUT2D eigenvalue weighted by molar-refractivity contribution is 7.89. The number of hydrogen-bond acceptors (Lipinski definition) is 7. The zero-order chi connectivity index (χ0) is 28.3. The molecule has 1 fully saturated rings. The Kier molecular flexibility index (Phi) is 8.51. The summed E-state index contributed by atoms with van der Waals surface area (Å²) in [5.74, 6) is -3.45. The molecule has 11 heteroatoms. The average Bonchev–Trinajstić information content (AvgIpc) is 3.19. The molecule has 0 aliphatic carbocycles. The van der Waals surface area contributed by atoms with Crippen LogP contribution in [-0.4, -0.2) is 55.5 Å². The smallest absolute Gasteiger partial charge is 0.287 e. The lowest BCUT2D eigenvalue weighted by Crippen LogP contribution is -2.56. The molecule has 1 aliphatic heterocycles. The number of furan rings is 1. The summed E-state index contributed by atoms with van der Waals surface area (Å²) in [7, 11) is -4.80. The van der Waals surface area contributed by atoms with Crippen LogP contribution in [0.25, 0.3) is 11.0 Å². The summed E-state index contributed by atoms with van der Waals surface area (Å²) in [5.41, 5.74) is 1.46. The maximum atomic E-state index is 14.7. The maximum Gasteiger partial charge on any atom is 0.287 e. The average molecular weight is 558 g/mol. The van der Waals surface area contributed by atoms with Crippen molar-refractivity contribution in [2.45, 2.75) is 57.0 Å². The van der Waals surface area contributed by atoms with Crippen molar-refractivity contribution in [3.05, 3.63) is 65.7 Å². The number of nitrogens with zero attached hydrogens (tertiary/aromatic N) is 1. The fourth-order valence-corrected chi connectivity index (χ4v) is 6.41. The van der Waals surface area contributed by atoms with Crippen LogP contribution in [0.1, 0.15) is 49.2 Å². The van der Waals surface area contributed by atoms with Crippen LogP contribution in [-0.2, 0) is 19.6 Å². The first-order valence-corrected chi connectivity index (χ1v) is 14.3. The molecular weight excluding hydrogens is 525 g/mol. The van der Waals surface area contributed by atoms with Gasteiger partial charge in [-0.05, 0) is 69.0 Å². The van der Waals surface area contributed by atoms with Crippen LogP contribution in [0.5, 0.6) is 0 Å². The number of hydrogen-bond donors (Lipinski definition) is 2. The number of aryl methyl sites for hydroxylation is 1. The van der Waals surface area contributed by atoms with Gasteiger partial charge in [-0.15, -0.1) is 0 Å². The summed E-state index contributed by atoms with van der Waals surface area (Å²) < 4.78 is 48.5. The van der Waals surface area contributed by atoms with Crippen molar-refractivity contribution in [1.29, 1.82) is 0 Å². The van der Waals surface area contributed by atoms with E-state index in [1.807, 2.05) is 32.9 Å². The SMILES string of the molecule is Cc1ccc2oc(C(=O)NC(CC(C)C)C(=O)N([C@H]3CCCNCC3=O)S(=O)(=O)c3ccccc3F)cc2c1. The van der Waals surface area contributed by atoms with Gasteiger partial charge in [0.25, 0.3) is 21.8 Å². The van der Waals surface area contributed by atoms with E-state index in [4.69, 9.17) is 4.42 Å². The van der Waals surface area contributed by atoms with Gasteiger partial charge in [-0.2, -0.15) is 0 Å². The number of Topliss-reactive ketones (excluding diaryl/α,β-unsaturated/α-hetero) is 1. The molecule has 39 heavy (non-hydrogen) atoms. The van der Waals surface area contributed by atoms with Crippen molar-refractivity contribution in [2.75, 3.05) is 13.1 Å². The van der Waals surface area contributed by atoms with Crippen molar-refractivity contribution in [1.82, 2.24) is 14.9 Å². The van der Waals surface area contributed by atoms with Crippen LogP contribution in [0, 0.1) is 18.7 Å².